The molecular formula is C27H22FN3OS. The number of thioether (sulfide) groups is 1. The van der Waals surface area contributed by atoms with Crippen LogP contribution in [0.2, 0.25) is 0 Å². The van der Waals surface area contributed by atoms with Gasteiger partial charge in [0.15, 0.2) is 0 Å². The monoisotopic (exact) mass is 455 g/mol. The molecule has 1 fully saturated rings. The predicted octanol–water partition coefficient (Wildman–Crippen LogP) is 5.51. The number of amides is 1. The summed E-state index contributed by atoms with van der Waals surface area (Å²) in [5.74, 6) is -0.244. The molecule has 2 aromatic carbocycles. The van der Waals surface area contributed by atoms with Gasteiger partial charge in [0.2, 0.25) is 5.91 Å². The first-order valence-electron chi connectivity index (χ1n) is 10.9. The van der Waals surface area contributed by atoms with Gasteiger partial charge in [0.05, 0.1) is 29.1 Å². The minimum Gasteiger partial charge on any atom is -0.350 e. The number of nitrogens with zero attached hydrogens (tertiary/aromatic N) is 2. The number of rotatable bonds is 4. The lowest BCUT2D eigenvalue weighted by Crippen LogP contribution is -2.33. The number of halogens is 1. The van der Waals surface area contributed by atoms with Crippen molar-refractivity contribution in [2.24, 2.45) is 16.3 Å². The molecule has 0 saturated heterocycles. The molecule has 3 aliphatic rings. The van der Waals surface area contributed by atoms with Crippen molar-refractivity contribution >= 4 is 23.4 Å². The number of allylic oxidation sites excluding steroid dienone is 2. The Hall–Kier alpha value is -3.51. The third kappa shape index (κ3) is 3.51. The maximum Gasteiger partial charge on any atom is 0.231 e. The van der Waals surface area contributed by atoms with Gasteiger partial charge < -0.3 is 5.32 Å². The maximum absolute atomic E-state index is 13.6. The molecule has 0 radical (unpaired) electrons. The normalized spacial score (nSPS) is 22.5. The number of carbonyl (C=O) groups excluding carboxylic acids is 1. The Morgan fingerprint density at radius 3 is 2.76 bits per heavy atom. The molecule has 1 amide bonds. The van der Waals surface area contributed by atoms with Crippen LogP contribution in [0.25, 0.3) is 0 Å². The van der Waals surface area contributed by atoms with E-state index in [1.54, 1.807) is 30.1 Å². The van der Waals surface area contributed by atoms with Gasteiger partial charge in [-0.1, -0.05) is 42.1 Å². The van der Waals surface area contributed by atoms with Crippen LogP contribution in [-0.4, -0.2) is 16.6 Å². The molecule has 3 aromatic rings. The number of hydrogen-bond donors (Lipinski definition) is 1. The summed E-state index contributed by atoms with van der Waals surface area (Å²) in [4.78, 5) is 24.8. The molecular weight excluding hydrogens is 433 g/mol. The number of nitrogens with one attached hydrogen (secondary N) is 1. The fourth-order valence-electron chi connectivity index (χ4n) is 4.55. The molecule has 2 atom stereocenters. The predicted molar refractivity (Wildman–Crippen MR) is 129 cm³/mol. The lowest BCUT2D eigenvalue weighted by molar-refractivity contribution is -0.125. The Bertz CT molecular complexity index is 1350. The second-order valence-electron chi connectivity index (χ2n) is 8.45. The van der Waals surface area contributed by atoms with Gasteiger partial charge in [-0.05, 0) is 55.0 Å². The van der Waals surface area contributed by atoms with Crippen LogP contribution in [0.3, 0.4) is 0 Å². The SMILES string of the molecule is O=C(NCc1ccccn1)C12C=CC3=C(N=C(c4ccc(F)cc4)c4ccccc4S3)C1C2.[HH]. The molecule has 6 heteroatoms. The van der Waals surface area contributed by atoms with Crippen LogP contribution in [-0.2, 0) is 11.3 Å². The second kappa shape index (κ2) is 7.81. The number of hydrogen-bond acceptors (Lipinski definition) is 4. The summed E-state index contributed by atoms with van der Waals surface area (Å²) in [6.45, 7) is 0.401. The second-order valence-corrected chi connectivity index (χ2v) is 9.53. The third-order valence-corrected chi connectivity index (χ3v) is 7.55. The van der Waals surface area contributed by atoms with Crippen molar-refractivity contribution in [3.8, 4) is 0 Å². The fraction of sp³-hybridized carbons (Fsp3) is 0.148. The molecule has 164 valence electrons. The number of aliphatic imine (C=N–C) groups is 1. The number of aromatic nitrogens is 1. The highest BCUT2D eigenvalue weighted by molar-refractivity contribution is 8.03. The van der Waals surface area contributed by atoms with Crippen molar-refractivity contribution in [3.05, 3.63) is 118 Å². The van der Waals surface area contributed by atoms with Crippen LogP contribution in [0.4, 0.5) is 4.39 Å². The van der Waals surface area contributed by atoms with Gasteiger partial charge in [-0.2, -0.15) is 0 Å². The van der Waals surface area contributed by atoms with Crippen molar-refractivity contribution in [2.75, 3.05) is 0 Å². The van der Waals surface area contributed by atoms with Crippen LogP contribution in [0.1, 0.15) is 24.7 Å². The zero-order valence-electron chi connectivity index (χ0n) is 17.7. The number of benzene rings is 2. The van der Waals surface area contributed by atoms with Crippen LogP contribution < -0.4 is 5.32 Å². The Kier molecular flexibility index (Phi) is 4.76. The van der Waals surface area contributed by atoms with Gasteiger partial charge in [0, 0.05) is 34.5 Å². The zero-order chi connectivity index (χ0) is 22.4. The molecule has 6 rings (SSSR count). The number of fused-ring (bicyclic) bond motifs is 3. The highest BCUT2D eigenvalue weighted by Crippen LogP contribution is 2.63. The van der Waals surface area contributed by atoms with Crippen LogP contribution in [0.15, 0.2) is 106 Å². The van der Waals surface area contributed by atoms with Gasteiger partial charge in [0.25, 0.3) is 0 Å². The summed E-state index contributed by atoms with van der Waals surface area (Å²) < 4.78 is 13.6. The number of pyridine rings is 1. The van der Waals surface area contributed by atoms with Crippen LogP contribution in [0, 0.1) is 17.2 Å². The van der Waals surface area contributed by atoms with Crippen LogP contribution in [0.5, 0.6) is 0 Å². The largest absolute Gasteiger partial charge is 0.350 e. The van der Waals surface area contributed by atoms with Gasteiger partial charge in [-0.25, -0.2) is 4.39 Å². The molecule has 1 saturated carbocycles. The Labute approximate surface area is 196 Å². The quantitative estimate of drug-likeness (QED) is 0.564. The molecule has 2 heterocycles. The average molecular weight is 456 g/mol. The van der Waals surface area contributed by atoms with E-state index in [2.05, 4.69) is 16.4 Å². The summed E-state index contributed by atoms with van der Waals surface area (Å²) in [5, 5.41) is 3.06. The first-order valence-corrected chi connectivity index (χ1v) is 11.7. The molecule has 4 nitrogen and oxygen atoms in total. The van der Waals surface area contributed by atoms with Crippen molar-refractivity contribution in [1.29, 1.82) is 0 Å². The molecule has 0 spiro atoms. The van der Waals surface area contributed by atoms with Crippen molar-refractivity contribution in [2.45, 2.75) is 17.9 Å². The lowest BCUT2D eigenvalue weighted by atomic mass is 9.95. The molecule has 33 heavy (non-hydrogen) atoms. The highest BCUT2D eigenvalue weighted by atomic mass is 32.2. The fourth-order valence-corrected chi connectivity index (χ4v) is 5.63. The maximum atomic E-state index is 13.6. The van der Waals surface area contributed by atoms with E-state index in [1.165, 1.54) is 12.1 Å². The summed E-state index contributed by atoms with van der Waals surface area (Å²) in [7, 11) is 0. The minimum atomic E-state index is -0.567. The van der Waals surface area contributed by atoms with Gasteiger partial charge in [0.1, 0.15) is 5.82 Å². The Morgan fingerprint density at radius 2 is 1.94 bits per heavy atom. The summed E-state index contributed by atoms with van der Waals surface area (Å²) in [5.41, 5.74) is 3.89. The average Bonchev–Trinajstić information content (AvgIpc) is 3.62. The van der Waals surface area contributed by atoms with Gasteiger partial charge in [-0.15, -0.1) is 0 Å². The third-order valence-electron chi connectivity index (χ3n) is 6.41. The highest BCUT2D eigenvalue weighted by Gasteiger charge is 2.61. The smallest absolute Gasteiger partial charge is 0.231 e. The van der Waals surface area contributed by atoms with E-state index in [-0.39, 0.29) is 19.1 Å². The zero-order valence-corrected chi connectivity index (χ0v) is 18.5. The topological polar surface area (TPSA) is 54.4 Å². The van der Waals surface area contributed by atoms with Crippen molar-refractivity contribution in [3.63, 3.8) is 0 Å². The van der Waals surface area contributed by atoms with E-state index >= 15 is 0 Å². The number of carbonyl (C=O) groups is 1. The molecule has 2 aliphatic carbocycles. The first-order chi connectivity index (χ1) is 16.1. The van der Waals surface area contributed by atoms with E-state index in [1.807, 2.05) is 48.6 Å². The van der Waals surface area contributed by atoms with Crippen LogP contribution >= 0.6 is 11.8 Å². The van der Waals surface area contributed by atoms with Crippen molar-refractivity contribution < 1.29 is 10.6 Å². The Morgan fingerprint density at radius 1 is 1.12 bits per heavy atom. The molecule has 1 aromatic heterocycles. The van der Waals surface area contributed by atoms with E-state index in [0.29, 0.717) is 6.54 Å². The van der Waals surface area contributed by atoms with E-state index < -0.39 is 5.41 Å². The molecule has 1 N–H and O–H groups in total. The lowest BCUT2D eigenvalue weighted by Gasteiger charge is -2.19. The first kappa shape index (κ1) is 20.1. The van der Waals surface area contributed by atoms with Crippen molar-refractivity contribution in [1.82, 2.24) is 10.3 Å². The summed E-state index contributed by atoms with van der Waals surface area (Å²) in [6.07, 6.45) is 6.53. The molecule has 1 aliphatic heterocycles. The minimum absolute atomic E-state index is 0. The van der Waals surface area contributed by atoms with Gasteiger partial charge >= 0.3 is 0 Å². The molecule has 0 bridgehead atoms. The van der Waals surface area contributed by atoms with E-state index in [4.69, 9.17) is 4.99 Å². The Balaban J connectivity index is 0.00000241. The standard InChI is InChI=1S/C27H20FN3OS.H2/c28-18-10-8-17(9-11-18)24-20-6-1-2-7-22(20)33-23-12-13-27(15-21(27)25(23)31-24)26(32)30-16-19-5-3-4-14-29-19;/h1-14,21H,15-16H2,(H,30,32);1H. The van der Waals surface area contributed by atoms with E-state index in [0.717, 1.165) is 44.5 Å². The summed E-state index contributed by atoms with van der Waals surface area (Å²) >= 11 is 1.68. The van der Waals surface area contributed by atoms with Gasteiger partial charge in [-0.3, -0.25) is 14.8 Å². The summed E-state index contributed by atoms with van der Waals surface area (Å²) in [6, 6.07) is 20.3. The molecule has 2 unspecified atom stereocenters. The van der Waals surface area contributed by atoms with E-state index in [9.17, 15) is 9.18 Å².